The number of piperidine rings is 1. The Kier molecular flexibility index (Phi) is 12.1. The molecule has 336 valence electrons. The third-order valence-corrected chi connectivity index (χ3v) is 14.5. The van der Waals surface area contributed by atoms with E-state index in [4.69, 9.17) is 0 Å². The number of likely N-dealkylation sites (tertiary alicyclic amines) is 1. The normalized spacial score (nSPS) is 14.9. The fourth-order valence-corrected chi connectivity index (χ4v) is 10.1. The van der Waals surface area contributed by atoms with E-state index in [1.807, 2.05) is 48.5 Å². The molecule has 1 atom stereocenters. The number of nitrogens with zero attached hydrogens (tertiary/aromatic N) is 1. The number of benzene rings is 9. The van der Waals surface area contributed by atoms with Gasteiger partial charge in [0.05, 0.1) is 0 Å². The molecule has 1 unspecified atom stereocenters. The average Bonchev–Trinajstić information content (AvgIpc) is 3.38. The Balaban J connectivity index is 0.871. The van der Waals surface area contributed by atoms with Gasteiger partial charge in [0.1, 0.15) is 5.41 Å². The number of hydrogen-bond acceptors (Lipinski definition) is 1. The van der Waals surface area contributed by atoms with Crippen LogP contribution in [-0.2, 0) is 10.8 Å². The highest BCUT2D eigenvalue weighted by Crippen LogP contribution is 2.52. The third kappa shape index (κ3) is 8.73. The fourth-order valence-electron chi connectivity index (χ4n) is 10.1. The van der Waals surface area contributed by atoms with Crippen molar-refractivity contribution in [1.29, 1.82) is 0 Å². The minimum absolute atomic E-state index is 0.160. The molecule has 10 rings (SSSR count). The highest BCUT2D eigenvalue weighted by Gasteiger charge is 2.58. The van der Waals surface area contributed by atoms with Crippen LogP contribution in [0.2, 0.25) is 0 Å². The van der Waals surface area contributed by atoms with E-state index in [1.54, 1.807) is 54.6 Å². The van der Waals surface area contributed by atoms with Crippen LogP contribution in [0.3, 0.4) is 0 Å². The Morgan fingerprint density at radius 1 is 0.353 bits per heavy atom. The van der Waals surface area contributed by atoms with Crippen molar-refractivity contribution in [2.24, 2.45) is 0 Å². The molecule has 0 bridgehead atoms. The molecule has 1 fully saturated rings. The SMILES string of the molecule is Cc1ccc(-c2ccc(-c3ccc(-c4ccc(C(c5ccccc5)(c5ccc(-c6ccc(-c7ccc(-c8ccc(C9(C)CCN(C)CC9)cc8)cc7)cc6)cc5)C(F)(F)F)cc4)cc3)cc2)cc1. The van der Waals surface area contributed by atoms with Crippen molar-refractivity contribution in [2.45, 2.75) is 43.7 Å². The molecule has 1 nitrogen and oxygen atoms in total. The molecule has 1 aliphatic heterocycles. The highest BCUT2D eigenvalue weighted by molar-refractivity contribution is 5.76. The minimum atomic E-state index is -4.65. The molecule has 0 N–H and O–H groups in total. The number of hydrogen-bond donors (Lipinski definition) is 0. The number of rotatable bonds is 10. The van der Waals surface area contributed by atoms with Gasteiger partial charge in [0.25, 0.3) is 0 Å². The first-order valence-electron chi connectivity index (χ1n) is 23.6. The molecule has 0 aliphatic carbocycles. The van der Waals surface area contributed by atoms with Crippen LogP contribution in [0.1, 0.15) is 47.6 Å². The van der Waals surface area contributed by atoms with Gasteiger partial charge in [-0.05, 0) is 134 Å². The van der Waals surface area contributed by atoms with Crippen LogP contribution in [0.4, 0.5) is 13.2 Å². The summed E-state index contributed by atoms with van der Waals surface area (Å²) in [6.45, 7) is 6.74. The molecule has 0 amide bonds. The lowest BCUT2D eigenvalue weighted by molar-refractivity contribution is -0.166. The van der Waals surface area contributed by atoms with Crippen molar-refractivity contribution in [2.75, 3.05) is 20.1 Å². The van der Waals surface area contributed by atoms with Crippen LogP contribution in [-0.4, -0.2) is 31.2 Å². The molecular formula is C64H54F3N. The van der Waals surface area contributed by atoms with Crippen LogP contribution >= 0.6 is 0 Å². The second-order valence-corrected chi connectivity index (χ2v) is 18.9. The van der Waals surface area contributed by atoms with E-state index in [1.165, 1.54) is 40.7 Å². The summed E-state index contributed by atoms with van der Waals surface area (Å²) in [6.07, 6.45) is -2.30. The minimum Gasteiger partial charge on any atom is -0.306 e. The van der Waals surface area contributed by atoms with E-state index in [9.17, 15) is 0 Å². The number of halogens is 3. The van der Waals surface area contributed by atoms with Crippen LogP contribution in [0.15, 0.2) is 224 Å². The predicted molar refractivity (Wildman–Crippen MR) is 277 cm³/mol. The molecule has 0 aromatic heterocycles. The average molecular weight is 894 g/mol. The molecule has 1 saturated heterocycles. The smallest absolute Gasteiger partial charge is 0.306 e. The second-order valence-electron chi connectivity index (χ2n) is 18.9. The van der Waals surface area contributed by atoms with Gasteiger partial charge in [-0.15, -0.1) is 0 Å². The third-order valence-electron chi connectivity index (χ3n) is 14.5. The van der Waals surface area contributed by atoms with Crippen LogP contribution in [0.25, 0.3) is 66.8 Å². The Bertz CT molecular complexity index is 3090. The predicted octanol–water partition coefficient (Wildman–Crippen LogP) is 16.9. The first-order valence-corrected chi connectivity index (χ1v) is 23.6. The molecule has 1 heterocycles. The molecule has 68 heavy (non-hydrogen) atoms. The van der Waals surface area contributed by atoms with Crippen LogP contribution in [0, 0.1) is 6.92 Å². The zero-order chi connectivity index (χ0) is 46.9. The zero-order valence-electron chi connectivity index (χ0n) is 38.8. The van der Waals surface area contributed by atoms with Crippen molar-refractivity contribution in [3.8, 4) is 66.8 Å². The molecule has 9 aromatic rings. The first kappa shape index (κ1) is 44.6. The summed E-state index contributed by atoms with van der Waals surface area (Å²) in [5.41, 5.74) is 13.6. The maximum Gasteiger partial charge on any atom is 0.406 e. The van der Waals surface area contributed by atoms with Crippen LogP contribution < -0.4 is 0 Å². The monoisotopic (exact) mass is 893 g/mol. The Hall–Kier alpha value is -7.27. The molecule has 0 spiro atoms. The summed E-state index contributed by atoms with van der Waals surface area (Å²) in [5, 5.41) is 0. The summed E-state index contributed by atoms with van der Waals surface area (Å²) in [6, 6.07) is 73.3. The van der Waals surface area contributed by atoms with Gasteiger partial charge in [-0.1, -0.05) is 237 Å². The van der Waals surface area contributed by atoms with E-state index >= 15 is 13.2 Å². The van der Waals surface area contributed by atoms with E-state index in [0.717, 1.165) is 63.2 Å². The lowest BCUT2D eigenvalue weighted by Crippen LogP contribution is -2.44. The standard InChI is InChI=1S/C64H54F3N/c1-45-9-11-46(12-10-45)47-13-15-48(16-14-47)50-19-25-53(26-20-50)56-31-37-60(38-32-56)63(64(65,66)67,59-7-5-4-6-8-59)61-39-33-57(34-40-61)54-27-21-51(22-28-54)49-17-23-52(24-18-49)55-29-35-58(36-30-55)62(2)41-43-68(3)44-42-62/h4-40H,41-44H2,1-3H3. The molecular weight excluding hydrogens is 840 g/mol. The summed E-state index contributed by atoms with van der Waals surface area (Å²) < 4.78 is 48.2. The summed E-state index contributed by atoms with van der Waals surface area (Å²) in [7, 11) is 2.20. The lowest BCUT2D eigenvalue weighted by atomic mass is 9.68. The van der Waals surface area contributed by atoms with Gasteiger partial charge in [0.15, 0.2) is 0 Å². The van der Waals surface area contributed by atoms with Gasteiger partial charge >= 0.3 is 6.18 Å². The number of alkyl halides is 3. The van der Waals surface area contributed by atoms with Gasteiger partial charge in [0.2, 0.25) is 0 Å². The summed E-state index contributed by atoms with van der Waals surface area (Å²) in [4.78, 5) is 2.41. The quantitative estimate of drug-likeness (QED) is 0.124. The highest BCUT2D eigenvalue weighted by atomic mass is 19.4. The Morgan fingerprint density at radius 2 is 0.603 bits per heavy atom. The number of aryl methyl sites for hydroxylation is 1. The second kappa shape index (κ2) is 18.4. The maximum absolute atomic E-state index is 16.1. The largest absolute Gasteiger partial charge is 0.406 e. The van der Waals surface area contributed by atoms with E-state index in [2.05, 4.69) is 147 Å². The van der Waals surface area contributed by atoms with Gasteiger partial charge in [0, 0.05) is 0 Å². The van der Waals surface area contributed by atoms with E-state index < -0.39 is 11.6 Å². The van der Waals surface area contributed by atoms with Gasteiger partial charge < -0.3 is 4.90 Å². The molecule has 0 radical (unpaired) electrons. The maximum atomic E-state index is 16.1. The van der Waals surface area contributed by atoms with Gasteiger partial charge in [-0.25, -0.2) is 0 Å². The summed E-state index contributed by atoms with van der Waals surface area (Å²) >= 11 is 0. The van der Waals surface area contributed by atoms with Crippen molar-refractivity contribution in [3.05, 3.63) is 252 Å². The van der Waals surface area contributed by atoms with Crippen molar-refractivity contribution in [3.63, 3.8) is 0 Å². The zero-order valence-corrected chi connectivity index (χ0v) is 38.8. The van der Waals surface area contributed by atoms with Crippen molar-refractivity contribution in [1.82, 2.24) is 4.90 Å². The van der Waals surface area contributed by atoms with E-state index in [0.29, 0.717) is 0 Å². The summed E-state index contributed by atoms with van der Waals surface area (Å²) in [5.74, 6) is 0. The molecule has 4 heteroatoms. The van der Waals surface area contributed by atoms with Gasteiger partial charge in [-0.2, -0.15) is 13.2 Å². The molecule has 1 aliphatic rings. The van der Waals surface area contributed by atoms with Gasteiger partial charge in [-0.3, -0.25) is 0 Å². The topological polar surface area (TPSA) is 3.24 Å². The van der Waals surface area contributed by atoms with Crippen molar-refractivity contribution >= 4 is 0 Å². The van der Waals surface area contributed by atoms with Crippen molar-refractivity contribution < 1.29 is 13.2 Å². The first-order chi connectivity index (χ1) is 33.0. The molecule has 9 aromatic carbocycles. The fraction of sp³-hybridized carbons (Fsp3) is 0.156. The molecule has 0 saturated carbocycles. The van der Waals surface area contributed by atoms with E-state index in [-0.39, 0.29) is 22.1 Å². The lowest BCUT2D eigenvalue weighted by Gasteiger charge is -2.38. The Morgan fingerprint density at radius 3 is 0.897 bits per heavy atom. The Labute approximate surface area is 399 Å². The van der Waals surface area contributed by atoms with Crippen LogP contribution in [0.5, 0.6) is 0 Å².